The standard InChI is InChI=1S/C14H18Cl2N2O2/c1-4-17(5-2)14(20)9-18(10(3)19)13-7-6-11(15)8-12(13)16/h6-8H,4-5,9H2,1-3H3. The maximum atomic E-state index is 12.1. The van der Waals surface area contributed by atoms with E-state index in [0.29, 0.717) is 28.8 Å². The van der Waals surface area contributed by atoms with E-state index in [-0.39, 0.29) is 18.4 Å². The molecule has 0 aromatic heterocycles. The van der Waals surface area contributed by atoms with Gasteiger partial charge >= 0.3 is 0 Å². The quantitative estimate of drug-likeness (QED) is 0.837. The van der Waals surface area contributed by atoms with Crippen molar-refractivity contribution in [2.75, 3.05) is 24.5 Å². The number of nitrogens with zero attached hydrogens (tertiary/aromatic N) is 2. The fourth-order valence-corrected chi connectivity index (χ4v) is 2.39. The summed E-state index contributed by atoms with van der Waals surface area (Å²) in [5.41, 5.74) is 0.490. The van der Waals surface area contributed by atoms with Crippen molar-refractivity contribution >= 4 is 40.7 Å². The molecule has 0 saturated heterocycles. The minimum absolute atomic E-state index is 0.0294. The minimum Gasteiger partial charge on any atom is -0.342 e. The fourth-order valence-electron chi connectivity index (χ4n) is 1.88. The SMILES string of the molecule is CCN(CC)C(=O)CN(C(C)=O)c1ccc(Cl)cc1Cl. The average Bonchev–Trinajstić information content (AvgIpc) is 2.38. The molecule has 0 aliphatic heterocycles. The topological polar surface area (TPSA) is 40.6 Å². The van der Waals surface area contributed by atoms with Gasteiger partial charge < -0.3 is 9.80 Å². The fraction of sp³-hybridized carbons (Fsp3) is 0.429. The van der Waals surface area contributed by atoms with Crippen LogP contribution in [0.3, 0.4) is 0 Å². The van der Waals surface area contributed by atoms with Crippen LogP contribution >= 0.6 is 23.2 Å². The van der Waals surface area contributed by atoms with Gasteiger partial charge in [-0.05, 0) is 32.0 Å². The molecular weight excluding hydrogens is 299 g/mol. The summed E-state index contributed by atoms with van der Waals surface area (Å²) in [7, 11) is 0. The van der Waals surface area contributed by atoms with Gasteiger partial charge in [0.1, 0.15) is 6.54 Å². The number of carbonyl (C=O) groups excluding carboxylic acids is 2. The molecule has 0 N–H and O–H groups in total. The zero-order valence-corrected chi connectivity index (χ0v) is 13.3. The van der Waals surface area contributed by atoms with Crippen LogP contribution < -0.4 is 4.90 Å². The van der Waals surface area contributed by atoms with Crippen LogP contribution in [0.25, 0.3) is 0 Å². The van der Waals surface area contributed by atoms with E-state index in [2.05, 4.69) is 0 Å². The molecule has 0 aliphatic rings. The number of hydrogen-bond acceptors (Lipinski definition) is 2. The number of likely N-dealkylation sites (N-methyl/N-ethyl adjacent to an activating group) is 1. The molecule has 20 heavy (non-hydrogen) atoms. The van der Waals surface area contributed by atoms with E-state index in [1.165, 1.54) is 11.8 Å². The highest BCUT2D eigenvalue weighted by Crippen LogP contribution is 2.28. The molecule has 1 aromatic rings. The normalized spacial score (nSPS) is 10.2. The van der Waals surface area contributed by atoms with E-state index in [1.807, 2.05) is 13.8 Å². The lowest BCUT2D eigenvalue weighted by atomic mass is 10.2. The van der Waals surface area contributed by atoms with Gasteiger partial charge in [-0.15, -0.1) is 0 Å². The summed E-state index contributed by atoms with van der Waals surface area (Å²) in [4.78, 5) is 26.9. The summed E-state index contributed by atoms with van der Waals surface area (Å²) >= 11 is 11.9. The van der Waals surface area contributed by atoms with Crippen molar-refractivity contribution in [3.05, 3.63) is 28.2 Å². The molecule has 0 aliphatic carbocycles. The predicted molar refractivity (Wildman–Crippen MR) is 82.4 cm³/mol. The second kappa shape index (κ2) is 7.50. The Kier molecular flexibility index (Phi) is 6.30. The van der Waals surface area contributed by atoms with Crippen LogP contribution in [0.5, 0.6) is 0 Å². The Morgan fingerprint density at radius 2 is 1.75 bits per heavy atom. The molecule has 0 saturated carbocycles. The molecule has 0 heterocycles. The third kappa shape index (κ3) is 4.12. The summed E-state index contributed by atoms with van der Waals surface area (Å²) in [6, 6.07) is 4.83. The first-order chi connectivity index (χ1) is 9.40. The molecule has 0 bridgehead atoms. The van der Waals surface area contributed by atoms with Gasteiger partial charge in [0, 0.05) is 25.0 Å². The Hall–Kier alpha value is -1.26. The first-order valence-corrected chi connectivity index (χ1v) is 7.17. The highest BCUT2D eigenvalue weighted by Gasteiger charge is 2.20. The van der Waals surface area contributed by atoms with Gasteiger partial charge in [0.15, 0.2) is 0 Å². The average molecular weight is 317 g/mol. The van der Waals surface area contributed by atoms with Gasteiger partial charge in [0.25, 0.3) is 0 Å². The van der Waals surface area contributed by atoms with Gasteiger partial charge in [0.2, 0.25) is 11.8 Å². The summed E-state index contributed by atoms with van der Waals surface area (Å²) in [5.74, 6) is -0.356. The lowest BCUT2D eigenvalue weighted by molar-refractivity contribution is -0.130. The molecule has 0 fully saturated rings. The lowest BCUT2D eigenvalue weighted by Gasteiger charge is -2.26. The second-order valence-electron chi connectivity index (χ2n) is 4.27. The number of anilines is 1. The lowest BCUT2D eigenvalue weighted by Crippen LogP contribution is -2.42. The van der Waals surface area contributed by atoms with E-state index in [0.717, 1.165) is 0 Å². The van der Waals surface area contributed by atoms with Gasteiger partial charge in [-0.25, -0.2) is 0 Å². The molecule has 0 radical (unpaired) electrons. The highest BCUT2D eigenvalue weighted by molar-refractivity contribution is 6.36. The molecule has 6 heteroatoms. The van der Waals surface area contributed by atoms with E-state index < -0.39 is 0 Å². The van der Waals surface area contributed by atoms with E-state index >= 15 is 0 Å². The van der Waals surface area contributed by atoms with E-state index in [4.69, 9.17) is 23.2 Å². The molecule has 1 aromatic carbocycles. The number of carbonyl (C=O) groups is 2. The first-order valence-electron chi connectivity index (χ1n) is 6.41. The Morgan fingerprint density at radius 3 is 2.20 bits per heavy atom. The third-order valence-corrected chi connectivity index (χ3v) is 3.53. The molecule has 4 nitrogen and oxygen atoms in total. The van der Waals surface area contributed by atoms with Crippen LogP contribution in [0.4, 0.5) is 5.69 Å². The Labute approximate surface area is 129 Å². The van der Waals surface area contributed by atoms with Crippen LogP contribution in [-0.4, -0.2) is 36.3 Å². The van der Waals surface area contributed by atoms with Gasteiger partial charge in [-0.3, -0.25) is 9.59 Å². The Bertz CT molecular complexity index is 502. The summed E-state index contributed by atoms with van der Waals surface area (Å²) in [6.07, 6.45) is 0. The van der Waals surface area contributed by atoms with Crippen LogP contribution in [-0.2, 0) is 9.59 Å². The zero-order valence-electron chi connectivity index (χ0n) is 11.8. The molecule has 0 atom stereocenters. The van der Waals surface area contributed by atoms with Crippen molar-refractivity contribution in [1.82, 2.24) is 4.90 Å². The predicted octanol–water partition coefficient (Wildman–Crippen LogP) is 3.21. The first kappa shape index (κ1) is 16.8. The molecule has 2 amide bonds. The number of hydrogen-bond donors (Lipinski definition) is 0. The van der Waals surface area contributed by atoms with Crippen molar-refractivity contribution in [2.45, 2.75) is 20.8 Å². The summed E-state index contributed by atoms with van der Waals surface area (Å²) < 4.78 is 0. The number of rotatable bonds is 5. The molecule has 0 unspecified atom stereocenters. The summed E-state index contributed by atoms with van der Waals surface area (Å²) in [6.45, 7) is 6.38. The molecule has 110 valence electrons. The largest absolute Gasteiger partial charge is 0.342 e. The minimum atomic E-state index is -0.241. The molecular formula is C14H18Cl2N2O2. The van der Waals surface area contributed by atoms with Crippen molar-refractivity contribution in [3.63, 3.8) is 0 Å². The zero-order chi connectivity index (χ0) is 15.3. The molecule has 0 spiro atoms. The monoisotopic (exact) mass is 316 g/mol. The number of amides is 2. The highest BCUT2D eigenvalue weighted by atomic mass is 35.5. The van der Waals surface area contributed by atoms with Crippen molar-refractivity contribution in [3.8, 4) is 0 Å². The maximum Gasteiger partial charge on any atom is 0.242 e. The second-order valence-corrected chi connectivity index (χ2v) is 5.11. The third-order valence-electron chi connectivity index (χ3n) is 2.99. The van der Waals surface area contributed by atoms with Crippen LogP contribution in [0.2, 0.25) is 10.0 Å². The Balaban J connectivity index is 3.01. The van der Waals surface area contributed by atoms with Crippen LogP contribution in [0.15, 0.2) is 18.2 Å². The summed E-state index contributed by atoms with van der Waals surface area (Å²) in [5, 5.41) is 0.831. The van der Waals surface area contributed by atoms with E-state index in [1.54, 1.807) is 23.1 Å². The van der Waals surface area contributed by atoms with Crippen molar-refractivity contribution < 1.29 is 9.59 Å². The van der Waals surface area contributed by atoms with Crippen LogP contribution in [0, 0.1) is 0 Å². The van der Waals surface area contributed by atoms with Gasteiger partial charge in [-0.1, -0.05) is 23.2 Å². The molecule has 1 rings (SSSR count). The van der Waals surface area contributed by atoms with E-state index in [9.17, 15) is 9.59 Å². The van der Waals surface area contributed by atoms with Crippen molar-refractivity contribution in [1.29, 1.82) is 0 Å². The Morgan fingerprint density at radius 1 is 1.15 bits per heavy atom. The smallest absolute Gasteiger partial charge is 0.242 e. The van der Waals surface area contributed by atoms with Crippen molar-refractivity contribution in [2.24, 2.45) is 0 Å². The van der Waals surface area contributed by atoms with Crippen LogP contribution in [0.1, 0.15) is 20.8 Å². The number of benzene rings is 1. The maximum absolute atomic E-state index is 12.1. The van der Waals surface area contributed by atoms with Gasteiger partial charge in [0.05, 0.1) is 10.7 Å². The van der Waals surface area contributed by atoms with Gasteiger partial charge in [-0.2, -0.15) is 0 Å². The number of halogens is 2.